The molecule has 0 unspecified atom stereocenters. The van der Waals surface area contributed by atoms with Gasteiger partial charge in [-0.15, -0.1) is 0 Å². The summed E-state index contributed by atoms with van der Waals surface area (Å²) in [4.78, 5) is 14.1. The molecule has 5 heteroatoms. The Morgan fingerprint density at radius 3 is 2.94 bits per heavy atom. The third kappa shape index (κ3) is 2.81. The Hall–Kier alpha value is -0.580. The zero-order valence-corrected chi connectivity index (χ0v) is 11.7. The lowest BCUT2D eigenvalue weighted by atomic mass is 10.1. The summed E-state index contributed by atoms with van der Waals surface area (Å²) in [7, 11) is 0. The van der Waals surface area contributed by atoms with Crippen LogP contribution >= 0.6 is 27.5 Å². The van der Waals surface area contributed by atoms with Crippen LogP contribution in [0.25, 0.3) is 0 Å². The van der Waals surface area contributed by atoms with Crippen molar-refractivity contribution in [2.75, 3.05) is 19.6 Å². The van der Waals surface area contributed by atoms with E-state index < -0.39 is 0 Å². The van der Waals surface area contributed by atoms with Gasteiger partial charge in [-0.25, -0.2) is 0 Å². The summed E-state index contributed by atoms with van der Waals surface area (Å²) in [6.45, 7) is 2.15. The van der Waals surface area contributed by atoms with Gasteiger partial charge < -0.3 is 10.6 Å². The fourth-order valence-corrected chi connectivity index (χ4v) is 2.80. The van der Waals surface area contributed by atoms with Crippen molar-refractivity contribution in [3.63, 3.8) is 0 Å². The highest BCUT2D eigenvalue weighted by Crippen LogP contribution is 2.25. The molecule has 1 saturated heterocycles. The first-order valence-electron chi connectivity index (χ1n) is 5.56. The zero-order valence-electron chi connectivity index (χ0n) is 9.33. The number of hydrogen-bond acceptors (Lipinski definition) is 2. The number of hydrogen-bond donors (Lipinski definition) is 1. The van der Waals surface area contributed by atoms with Crippen molar-refractivity contribution in [1.29, 1.82) is 0 Å². The molecule has 2 rings (SSSR count). The minimum Gasteiger partial charge on any atom is -0.338 e. The third-order valence-electron chi connectivity index (χ3n) is 3.07. The van der Waals surface area contributed by atoms with Crippen molar-refractivity contribution in [3.05, 3.63) is 33.3 Å². The first kappa shape index (κ1) is 12.9. The van der Waals surface area contributed by atoms with Crippen LogP contribution in [0.4, 0.5) is 0 Å². The van der Waals surface area contributed by atoms with E-state index in [4.69, 9.17) is 17.3 Å². The largest absolute Gasteiger partial charge is 0.338 e. The van der Waals surface area contributed by atoms with Crippen LogP contribution in [0.3, 0.4) is 0 Å². The Morgan fingerprint density at radius 1 is 1.59 bits per heavy atom. The zero-order chi connectivity index (χ0) is 12.4. The second-order valence-electron chi connectivity index (χ2n) is 4.27. The maximum Gasteiger partial charge on any atom is 0.255 e. The highest BCUT2D eigenvalue weighted by atomic mass is 79.9. The van der Waals surface area contributed by atoms with Crippen LogP contribution in [-0.4, -0.2) is 30.4 Å². The summed E-state index contributed by atoms with van der Waals surface area (Å²) in [6, 6.07) is 5.32. The lowest BCUT2D eigenvalue weighted by Crippen LogP contribution is -2.30. The predicted octanol–water partition coefficient (Wildman–Crippen LogP) is 2.52. The molecule has 0 saturated carbocycles. The average Bonchev–Trinajstić information content (AvgIpc) is 2.76. The monoisotopic (exact) mass is 316 g/mol. The maximum atomic E-state index is 12.2. The van der Waals surface area contributed by atoms with Crippen LogP contribution in [0.1, 0.15) is 16.8 Å². The van der Waals surface area contributed by atoms with Gasteiger partial charge in [0.2, 0.25) is 0 Å². The number of carbonyl (C=O) groups excluding carboxylic acids is 1. The Balaban J connectivity index is 2.15. The second kappa shape index (κ2) is 5.38. The molecule has 0 radical (unpaired) electrons. The topological polar surface area (TPSA) is 46.3 Å². The van der Waals surface area contributed by atoms with Crippen LogP contribution in [0.2, 0.25) is 5.02 Å². The van der Waals surface area contributed by atoms with E-state index in [1.54, 1.807) is 12.1 Å². The predicted molar refractivity (Wildman–Crippen MR) is 72.2 cm³/mol. The number of rotatable bonds is 2. The van der Waals surface area contributed by atoms with Gasteiger partial charge in [-0.3, -0.25) is 4.79 Å². The number of likely N-dealkylation sites (tertiary alicyclic amines) is 1. The van der Waals surface area contributed by atoms with Gasteiger partial charge in [0.1, 0.15) is 0 Å². The number of amides is 1. The van der Waals surface area contributed by atoms with Gasteiger partial charge in [-0.2, -0.15) is 0 Å². The van der Waals surface area contributed by atoms with E-state index in [1.165, 1.54) is 0 Å². The van der Waals surface area contributed by atoms with Gasteiger partial charge in [0.25, 0.3) is 5.91 Å². The van der Waals surface area contributed by atoms with Crippen molar-refractivity contribution in [1.82, 2.24) is 4.90 Å². The number of carbonyl (C=O) groups is 1. The van der Waals surface area contributed by atoms with Crippen molar-refractivity contribution < 1.29 is 4.79 Å². The Labute approximate surface area is 114 Å². The molecule has 0 spiro atoms. The molecule has 1 fully saturated rings. The molecule has 0 aromatic heterocycles. The molecule has 17 heavy (non-hydrogen) atoms. The van der Waals surface area contributed by atoms with Crippen LogP contribution in [0, 0.1) is 5.92 Å². The van der Waals surface area contributed by atoms with Crippen LogP contribution < -0.4 is 5.73 Å². The molecule has 92 valence electrons. The second-order valence-corrected chi connectivity index (χ2v) is 5.59. The lowest BCUT2D eigenvalue weighted by Gasteiger charge is -2.17. The molecule has 3 nitrogen and oxygen atoms in total. The normalized spacial score (nSPS) is 19.7. The number of nitrogens with two attached hydrogens (primary N) is 1. The standard InChI is InChI=1S/C12H14BrClN2O/c13-9-1-2-10(11(14)5-9)12(17)16-4-3-8(6-15)7-16/h1-2,5,8H,3-4,6-7,15H2/t8-/m1/s1. The first-order chi connectivity index (χ1) is 8.11. The van der Waals surface area contributed by atoms with Crippen molar-refractivity contribution in [2.45, 2.75) is 6.42 Å². The van der Waals surface area contributed by atoms with E-state index in [0.29, 0.717) is 23.0 Å². The maximum absolute atomic E-state index is 12.2. The van der Waals surface area contributed by atoms with E-state index in [1.807, 2.05) is 11.0 Å². The van der Waals surface area contributed by atoms with Gasteiger partial charge in [0, 0.05) is 17.6 Å². The fourth-order valence-electron chi connectivity index (χ4n) is 2.04. The smallest absolute Gasteiger partial charge is 0.255 e. The minimum atomic E-state index is -0.00144. The summed E-state index contributed by atoms with van der Waals surface area (Å²) >= 11 is 9.39. The Bertz CT molecular complexity index is 439. The molecule has 1 aliphatic heterocycles. The average molecular weight is 318 g/mol. The molecule has 1 aromatic rings. The van der Waals surface area contributed by atoms with E-state index >= 15 is 0 Å². The molecule has 1 heterocycles. The number of benzene rings is 1. The lowest BCUT2D eigenvalue weighted by molar-refractivity contribution is 0.0788. The molecule has 2 N–H and O–H groups in total. The van der Waals surface area contributed by atoms with Crippen LogP contribution in [-0.2, 0) is 0 Å². The molecule has 0 bridgehead atoms. The Kier molecular flexibility index (Phi) is 4.07. The van der Waals surface area contributed by atoms with E-state index in [2.05, 4.69) is 15.9 Å². The van der Waals surface area contributed by atoms with Crippen LogP contribution in [0.5, 0.6) is 0 Å². The fraction of sp³-hybridized carbons (Fsp3) is 0.417. The van der Waals surface area contributed by atoms with Gasteiger partial charge in [-0.1, -0.05) is 27.5 Å². The van der Waals surface area contributed by atoms with Gasteiger partial charge in [0.15, 0.2) is 0 Å². The molecular weight excluding hydrogens is 304 g/mol. The van der Waals surface area contributed by atoms with Gasteiger partial charge in [-0.05, 0) is 37.1 Å². The summed E-state index contributed by atoms with van der Waals surface area (Å²) in [5, 5.41) is 0.487. The highest BCUT2D eigenvalue weighted by molar-refractivity contribution is 9.10. The molecular formula is C12H14BrClN2O. The van der Waals surface area contributed by atoms with Crippen molar-refractivity contribution >= 4 is 33.4 Å². The van der Waals surface area contributed by atoms with Gasteiger partial charge in [0.05, 0.1) is 10.6 Å². The quantitative estimate of drug-likeness (QED) is 0.911. The van der Waals surface area contributed by atoms with E-state index in [9.17, 15) is 4.79 Å². The van der Waals surface area contributed by atoms with E-state index in [0.717, 1.165) is 24.0 Å². The van der Waals surface area contributed by atoms with Crippen molar-refractivity contribution in [3.8, 4) is 0 Å². The molecule has 0 aliphatic carbocycles. The van der Waals surface area contributed by atoms with Crippen LogP contribution in [0.15, 0.2) is 22.7 Å². The highest BCUT2D eigenvalue weighted by Gasteiger charge is 2.26. The Morgan fingerprint density at radius 2 is 2.35 bits per heavy atom. The summed E-state index contributed by atoms with van der Waals surface area (Å²) in [6.07, 6.45) is 0.983. The third-order valence-corrected chi connectivity index (χ3v) is 3.87. The first-order valence-corrected chi connectivity index (χ1v) is 6.73. The SMILES string of the molecule is NC[C@H]1CCN(C(=O)c2ccc(Br)cc2Cl)C1. The molecule has 1 aromatic carbocycles. The van der Waals surface area contributed by atoms with E-state index in [-0.39, 0.29) is 5.91 Å². The summed E-state index contributed by atoms with van der Waals surface area (Å²) in [5.74, 6) is 0.423. The number of nitrogens with zero attached hydrogens (tertiary/aromatic N) is 1. The minimum absolute atomic E-state index is 0.00144. The summed E-state index contributed by atoms with van der Waals surface area (Å²) < 4.78 is 0.875. The molecule has 1 aliphatic rings. The summed E-state index contributed by atoms with van der Waals surface area (Å²) in [5.41, 5.74) is 6.18. The molecule has 1 amide bonds. The van der Waals surface area contributed by atoms with Gasteiger partial charge >= 0.3 is 0 Å². The van der Waals surface area contributed by atoms with Crippen molar-refractivity contribution in [2.24, 2.45) is 11.7 Å². The number of halogens is 2. The molecule has 1 atom stereocenters.